The van der Waals surface area contributed by atoms with Crippen molar-refractivity contribution >= 4 is 21.6 Å². The number of sulfonamides is 1. The molecule has 0 radical (unpaired) electrons. The average molecular weight is 340 g/mol. The predicted molar refractivity (Wildman–Crippen MR) is 89.1 cm³/mol. The fourth-order valence-corrected chi connectivity index (χ4v) is 4.14. The third-order valence-electron chi connectivity index (χ3n) is 3.97. The SMILES string of the molecule is COc1cc(S(=O)(=O)NC2CCCCCC2)ccc1NC(C)=O. The third-order valence-corrected chi connectivity index (χ3v) is 5.49. The van der Waals surface area contributed by atoms with E-state index in [2.05, 4.69) is 10.0 Å². The maximum atomic E-state index is 12.6. The number of amides is 1. The summed E-state index contributed by atoms with van der Waals surface area (Å²) in [7, 11) is -2.16. The fraction of sp³-hybridized carbons (Fsp3) is 0.562. The Labute approximate surface area is 137 Å². The largest absolute Gasteiger partial charge is 0.495 e. The Hall–Kier alpha value is -1.60. The van der Waals surface area contributed by atoms with Crippen LogP contribution in [0.25, 0.3) is 0 Å². The first kappa shape index (κ1) is 17.7. The van der Waals surface area contributed by atoms with Crippen LogP contribution in [0, 0.1) is 0 Å². The van der Waals surface area contributed by atoms with Crippen molar-refractivity contribution in [2.45, 2.75) is 56.4 Å². The second-order valence-corrected chi connectivity index (χ2v) is 7.57. The van der Waals surface area contributed by atoms with Gasteiger partial charge in [-0.2, -0.15) is 0 Å². The molecular weight excluding hydrogens is 316 g/mol. The van der Waals surface area contributed by atoms with Gasteiger partial charge in [-0.25, -0.2) is 13.1 Å². The normalized spacial score (nSPS) is 16.6. The molecule has 0 saturated heterocycles. The van der Waals surface area contributed by atoms with Gasteiger partial charge in [0.15, 0.2) is 0 Å². The standard InChI is InChI=1S/C16H24N2O4S/c1-12(19)17-15-10-9-14(11-16(15)22-2)23(20,21)18-13-7-5-3-4-6-8-13/h9-11,13,18H,3-8H2,1-2H3,(H,17,19). The summed E-state index contributed by atoms with van der Waals surface area (Å²) in [5.74, 6) is 0.0828. The number of benzene rings is 1. The van der Waals surface area contributed by atoms with E-state index in [4.69, 9.17) is 4.74 Å². The first-order valence-corrected chi connectivity index (χ1v) is 9.38. The minimum atomic E-state index is -3.60. The predicted octanol–water partition coefficient (Wildman–Crippen LogP) is 2.65. The Morgan fingerprint density at radius 2 is 1.83 bits per heavy atom. The molecule has 0 spiro atoms. The molecule has 0 atom stereocenters. The van der Waals surface area contributed by atoms with Crippen molar-refractivity contribution in [1.29, 1.82) is 0 Å². The summed E-state index contributed by atoms with van der Waals surface area (Å²) in [5.41, 5.74) is 0.452. The van der Waals surface area contributed by atoms with Gasteiger partial charge in [-0.3, -0.25) is 4.79 Å². The number of rotatable bonds is 5. The maximum absolute atomic E-state index is 12.6. The van der Waals surface area contributed by atoms with Crippen molar-refractivity contribution in [3.05, 3.63) is 18.2 Å². The van der Waals surface area contributed by atoms with E-state index in [1.807, 2.05) is 0 Å². The number of carbonyl (C=O) groups excluding carboxylic acids is 1. The van der Waals surface area contributed by atoms with Crippen molar-refractivity contribution < 1.29 is 17.9 Å². The molecule has 7 heteroatoms. The molecule has 0 aromatic heterocycles. The Morgan fingerprint density at radius 1 is 1.17 bits per heavy atom. The Bertz CT molecular complexity index is 650. The highest BCUT2D eigenvalue weighted by atomic mass is 32.2. The number of anilines is 1. The smallest absolute Gasteiger partial charge is 0.240 e. The highest BCUT2D eigenvalue weighted by molar-refractivity contribution is 7.89. The summed E-state index contributed by atoms with van der Waals surface area (Å²) in [6, 6.07) is 4.45. The van der Waals surface area contributed by atoms with E-state index in [0.717, 1.165) is 38.5 Å². The van der Waals surface area contributed by atoms with Crippen molar-refractivity contribution in [2.75, 3.05) is 12.4 Å². The van der Waals surface area contributed by atoms with E-state index >= 15 is 0 Å². The summed E-state index contributed by atoms with van der Waals surface area (Å²) < 4.78 is 33.1. The number of hydrogen-bond donors (Lipinski definition) is 2. The summed E-state index contributed by atoms with van der Waals surface area (Å²) >= 11 is 0. The summed E-state index contributed by atoms with van der Waals surface area (Å²) in [5, 5.41) is 2.61. The first-order chi connectivity index (χ1) is 10.9. The van der Waals surface area contributed by atoms with Crippen LogP contribution in [0.4, 0.5) is 5.69 Å². The van der Waals surface area contributed by atoms with E-state index in [-0.39, 0.29) is 16.8 Å². The topological polar surface area (TPSA) is 84.5 Å². The molecule has 0 aliphatic heterocycles. The number of carbonyl (C=O) groups is 1. The van der Waals surface area contributed by atoms with Crippen LogP contribution in [-0.2, 0) is 14.8 Å². The molecule has 2 N–H and O–H groups in total. The quantitative estimate of drug-likeness (QED) is 0.807. The Morgan fingerprint density at radius 3 is 2.39 bits per heavy atom. The van der Waals surface area contributed by atoms with Crippen LogP contribution in [0.3, 0.4) is 0 Å². The van der Waals surface area contributed by atoms with Crippen LogP contribution in [-0.4, -0.2) is 27.5 Å². The van der Waals surface area contributed by atoms with E-state index in [9.17, 15) is 13.2 Å². The van der Waals surface area contributed by atoms with Crippen molar-refractivity contribution in [2.24, 2.45) is 0 Å². The molecule has 2 rings (SSSR count). The van der Waals surface area contributed by atoms with Crippen LogP contribution in [0.1, 0.15) is 45.4 Å². The van der Waals surface area contributed by atoms with Gasteiger partial charge < -0.3 is 10.1 Å². The minimum absolute atomic E-state index is 0.0106. The van der Waals surface area contributed by atoms with Crippen LogP contribution in [0.5, 0.6) is 5.75 Å². The lowest BCUT2D eigenvalue weighted by molar-refractivity contribution is -0.114. The molecule has 0 unspecified atom stereocenters. The molecule has 1 saturated carbocycles. The molecule has 1 aliphatic carbocycles. The molecule has 1 fully saturated rings. The van der Waals surface area contributed by atoms with Gasteiger partial charge in [0.1, 0.15) is 5.75 Å². The summed E-state index contributed by atoms with van der Waals surface area (Å²) in [6.07, 6.45) is 6.19. The minimum Gasteiger partial charge on any atom is -0.495 e. The Kier molecular flexibility index (Phi) is 6.01. The molecule has 128 valence electrons. The van der Waals surface area contributed by atoms with Crippen LogP contribution in [0.15, 0.2) is 23.1 Å². The summed E-state index contributed by atoms with van der Waals surface area (Å²) in [6.45, 7) is 1.39. The number of hydrogen-bond acceptors (Lipinski definition) is 4. The van der Waals surface area contributed by atoms with Gasteiger partial charge >= 0.3 is 0 Å². The van der Waals surface area contributed by atoms with Crippen LogP contribution in [0.2, 0.25) is 0 Å². The van der Waals surface area contributed by atoms with Gasteiger partial charge in [-0.15, -0.1) is 0 Å². The van der Waals surface area contributed by atoms with Crippen molar-refractivity contribution in [1.82, 2.24) is 4.72 Å². The van der Waals surface area contributed by atoms with Gasteiger partial charge in [-0.05, 0) is 25.0 Å². The van der Waals surface area contributed by atoms with Crippen LogP contribution < -0.4 is 14.8 Å². The van der Waals surface area contributed by atoms with Gasteiger partial charge in [0.2, 0.25) is 15.9 Å². The molecule has 0 heterocycles. The van der Waals surface area contributed by atoms with Crippen LogP contribution >= 0.6 is 0 Å². The number of nitrogens with one attached hydrogen (secondary N) is 2. The molecule has 1 aromatic carbocycles. The molecule has 1 aromatic rings. The highest BCUT2D eigenvalue weighted by Gasteiger charge is 2.22. The van der Waals surface area contributed by atoms with Gasteiger partial charge in [0.25, 0.3) is 0 Å². The van der Waals surface area contributed by atoms with Gasteiger partial charge in [0.05, 0.1) is 17.7 Å². The molecule has 0 bridgehead atoms. The molecule has 1 amide bonds. The average Bonchev–Trinajstić information content (AvgIpc) is 2.75. The van der Waals surface area contributed by atoms with E-state index in [1.54, 1.807) is 6.07 Å². The monoisotopic (exact) mass is 340 g/mol. The van der Waals surface area contributed by atoms with E-state index < -0.39 is 10.0 Å². The highest BCUT2D eigenvalue weighted by Crippen LogP contribution is 2.28. The number of ether oxygens (including phenoxy) is 1. The molecular formula is C16H24N2O4S. The zero-order chi connectivity index (χ0) is 16.9. The second kappa shape index (κ2) is 7.79. The molecule has 1 aliphatic rings. The zero-order valence-electron chi connectivity index (χ0n) is 13.6. The van der Waals surface area contributed by atoms with Crippen molar-refractivity contribution in [3.8, 4) is 5.75 Å². The first-order valence-electron chi connectivity index (χ1n) is 7.90. The second-order valence-electron chi connectivity index (χ2n) is 5.85. The Balaban J connectivity index is 2.19. The lowest BCUT2D eigenvalue weighted by Crippen LogP contribution is -2.34. The van der Waals surface area contributed by atoms with Gasteiger partial charge in [0, 0.05) is 19.0 Å². The molecule has 6 nitrogen and oxygen atoms in total. The fourth-order valence-electron chi connectivity index (χ4n) is 2.82. The zero-order valence-corrected chi connectivity index (χ0v) is 14.4. The lowest BCUT2D eigenvalue weighted by atomic mass is 10.1. The number of methoxy groups -OCH3 is 1. The van der Waals surface area contributed by atoms with Gasteiger partial charge in [-0.1, -0.05) is 25.7 Å². The maximum Gasteiger partial charge on any atom is 0.240 e. The lowest BCUT2D eigenvalue weighted by Gasteiger charge is -2.17. The molecule has 23 heavy (non-hydrogen) atoms. The summed E-state index contributed by atoms with van der Waals surface area (Å²) in [4.78, 5) is 11.3. The van der Waals surface area contributed by atoms with E-state index in [0.29, 0.717) is 11.4 Å². The van der Waals surface area contributed by atoms with Crippen molar-refractivity contribution in [3.63, 3.8) is 0 Å². The third kappa shape index (κ3) is 4.94. The van der Waals surface area contributed by atoms with E-state index in [1.165, 1.54) is 26.2 Å².